The molecule has 1 heterocycles. The molecule has 0 aromatic carbocycles. The quantitative estimate of drug-likeness (QED) is 0.796. The summed E-state index contributed by atoms with van der Waals surface area (Å²) in [5.41, 5.74) is 0.336. The Labute approximate surface area is 144 Å². The predicted molar refractivity (Wildman–Crippen MR) is 89.1 cm³/mol. The van der Waals surface area contributed by atoms with E-state index in [0.717, 1.165) is 24.1 Å². The van der Waals surface area contributed by atoms with Crippen molar-refractivity contribution in [2.24, 2.45) is 23.7 Å². The molecule has 1 amide bonds. The zero-order valence-electron chi connectivity index (χ0n) is 13.7. The number of aliphatic carboxylic acids is 1. The summed E-state index contributed by atoms with van der Waals surface area (Å²) in [4.78, 5) is 37.2. The average molecular weight is 351 g/mol. The smallest absolute Gasteiger partial charge is 0.341 e. The van der Waals surface area contributed by atoms with Crippen molar-refractivity contribution in [1.29, 1.82) is 0 Å². The van der Waals surface area contributed by atoms with Crippen LogP contribution in [0.4, 0.5) is 5.00 Å². The van der Waals surface area contributed by atoms with E-state index >= 15 is 0 Å². The minimum atomic E-state index is -0.893. The van der Waals surface area contributed by atoms with Crippen LogP contribution in [0.2, 0.25) is 0 Å². The van der Waals surface area contributed by atoms with Crippen LogP contribution in [0, 0.1) is 30.6 Å². The predicted octanol–water partition coefficient (Wildman–Crippen LogP) is 2.92. The summed E-state index contributed by atoms with van der Waals surface area (Å²) in [5, 5.41) is 12.7. The van der Waals surface area contributed by atoms with Crippen molar-refractivity contribution in [3.8, 4) is 0 Å². The van der Waals surface area contributed by atoms with E-state index in [9.17, 15) is 19.5 Å². The number of fused-ring (bicyclic) bond motifs is 2. The number of carboxylic acids is 1. The number of rotatable bonds is 5. The second-order valence-electron chi connectivity index (χ2n) is 6.53. The lowest BCUT2D eigenvalue weighted by Gasteiger charge is -2.26. The third-order valence-corrected chi connectivity index (χ3v) is 6.06. The number of amides is 1. The van der Waals surface area contributed by atoms with Gasteiger partial charge in [-0.1, -0.05) is 0 Å². The number of hydrogen-bond donors (Lipinski definition) is 2. The van der Waals surface area contributed by atoms with Gasteiger partial charge in [-0.15, -0.1) is 11.3 Å². The summed E-state index contributed by atoms with van der Waals surface area (Å²) in [6, 6.07) is 1.69. The Kier molecular flexibility index (Phi) is 4.62. The first-order valence-electron chi connectivity index (χ1n) is 8.23. The maximum atomic E-state index is 12.7. The van der Waals surface area contributed by atoms with Crippen LogP contribution in [-0.4, -0.2) is 29.6 Å². The standard InChI is InChI=1S/C17H21NO5S/c1-3-23-17(22)11-6-8(2)24-15(11)18-14(19)12-9-4-5-10(7-9)13(12)16(20)21/h6,9-10,12-13H,3-5,7H2,1-2H3,(H,18,19)(H,20,21)/t9-,10+,12-,13+/m1/s1. The number of anilines is 1. The Bertz CT molecular complexity index is 683. The van der Waals surface area contributed by atoms with E-state index in [1.807, 2.05) is 6.92 Å². The van der Waals surface area contributed by atoms with Crippen molar-refractivity contribution in [2.45, 2.75) is 33.1 Å². The Hall–Kier alpha value is -1.89. The minimum absolute atomic E-state index is 0.0952. The van der Waals surface area contributed by atoms with Gasteiger partial charge in [0.05, 0.1) is 24.0 Å². The topological polar surface area (TPSA) is 92.7 Å². The molecule has 6 nitrogen and oxygen atoms in total. The van der Waals surface area contributed by atoms with Crippen LogP contribution in [0.25, 0.3) is 0 Å². The highest BCUT2D eigenvalue weighted by Gasteiger charge is 2.54. The van der Waals surface area contributed by atoms with E-state index in [4.69, 9.17) is 4.74 Å². The monoisotopic (exact) mass is 351 g/mol. The number of carbonyl (C=O) groups is 3. The van der Waals surface area contributed by atoms with Gasteiger partial charge >= 0.3 is 11.9 Å². The maximum absolute atomic E-state index is 12.7. The zero-order chi connectivity index (χ0) is 17.4. The lowest BCUT2D eigenvalue weighted by molar-refractivity contribution is -0.148. The Balaban J connectivity index is 1.80. The molecule has 0 saturated heterocycles. The van der Waals surface area contributed by atoms with Crippen molar-refractivity contribution in [1.82, 2.24) is 0 Å². The number of nitrogens with one attached hydrogen (secondary N) is 1. The third kappa shape index (κ3) is 2.92. The fourth-order valence-electron chi connectivity index (χ4n) is 4.19. The van der Waals surface area contributed by atoms with E-state index in [1.54, 1.807) is 13.0 Å². The summed E-state index contributed by atoms with van der Waals surface area (Å²) < 4.78 is 5.02. The molecule has 4 atom stereocenters. The van der Waals surface area contributed by atoms with Crippen LogP contribution < -0.4 is 5.32 Å². The number of ether oxygens (including phenoxy) is 1. The first-order valence-corrected chi connectivity index (χ1v) is 9.05. The molecule has 7 heteroatoms. The second kappa shape index (κ2) is 6.55. The Morgan fingerprint density at radius 3 is 2.58 bits per heavy atom. The summed E-state index contributed by atoms with van der Waals surface area (Å²) >= 11 is 1.31. The molecule has 2 aliphatic carbocycles. The van der Waals surface area contributed by atoms with E-state index in [2.05, 4.69) is 5.32 Å². The van der Waals surface area contributed by atoms with Crippen LogP contribution in [0.3, 0.4) is 0 Å². The van der Waals surface area contributed by atoms with Gasteiger partial charge in [0.15, 0.2) is 0 Å². The Morgan fingerprint density at radius 2 is 1.96 bits per heavy atom. The van der Waals surface area contributed by atoms with Crippen molar-refractivity contribution < 1.29 is 24.2 Å². The minimum Gasteiger partial charge on any atom is -0.481 e. The second-order valence-corrected chi connectivity index (χ2v) is 7.79. The van der Waals surface area contributed by atoms with Crippen LogP contribution in [0.15, 0.2) is 6.07 Å². The van der Waals surface area contributed by atoms with Crippen molar-refractivity contribution in [3.63, 3.8) is 0 Å². The van der Waals surface area contributed by atoms with Crippen LogP contribution in [0.5, 0.6) is 0 Å². The summed E-state index contributed by atoms with van der Waals surface area (Å²) in [6.45, 7) is 3.83. The molecule has 3 rings (SSSR count). The molecule has 2 N–H and O–H groups in total. The molecule has 0 radical (unpaired) electrons. The van der Waals surface area contributed by atoms with Gasteiger partial charge in [-0.05, 0) is 51.0 Å². The van der Waals surface area contributed by atoms with Crippen molar-refractivity contribution >= 4 is 34.2 Å². The van der Waals surface area contributed by atoms with E-state index in [1.165, 1.54) is 11.3 Å². The normalized spacial score (nSPS) is 27.9. The fraction of sp³-hybridized carbons (Fsp3) is 0.588. The average Bonchev–Trinajstić information content (AvgIpc) is 3.20. The van der Waals surface area contributed by atoms with E-state index in [-0.39, 0.29) is 24.3 Å². The van der Waals surface area contributed by atoms with Crippen LogP contribution in [-0.2, 0) is 14.3 Å². The van der Waals surface area contributed by atoms with Crippen molar-refractivity contribution in [2.75, 3.05) is 11.9 Å². The van der Waals surface area contributed by atoms with Gasteiger partial charge in [0.1, 0.15) is 5.00 Å². The van der Waals surface area contributed by atoms with E-state index < -0.39 is 23.8 Å². The molecule has 2 bridgehead atoms. The van der Waals surface area contributed by atoms with Gasteiger partial charge in [0, 0.05) is 4.88 Å². The number of aryl methyl sites for hydroxylation is 1. The fourth-order valence-corrected chi connectivity index (χ4v) is 5.09. The molecule has 130 valence electrons. The number of esters is 1. The van der Waals surface area contributed by atoms with Gasteiger partial charge in [-0.25, -0.2) is 4.79 Å². The highest BCUT2D eigenvalue weighted by Crippen LogP contribution is 2.52. The number of hydrogen-bond acceptors (Lipinski definition) is 5. The highest BCUT2D eigenvalue weighted by molar-refractivity contribution is 7.16. The van der Waals surface area contributed by atoms with Gasteiger partial charge in [0.25, 0.3) is 0 Å². The number of carboxylic acid groups (broad SMARTS) is 1. The van der Waals surface area contributed by atoms with Crippen LogP contribution in [0.1, 0.15) is 41.4 Å². The molecular formula is C17H21NO5S. The first-order chi connectivity index (χ1) is 11.4. The van der Waals surface area contributed by atoms with Gasteiger partial charge < -0.3 is 15.2 Å². The number of thiophene rings is 1. The molecule has 0 spiro atoms. The molecule has 2 fully saturated rings. The first kappa shape index (κ1) is 17.0. The Morgan fingerprint density at radius 1 is 1.29 bits per heavy atom. The summed E-state index contributed by atoms with van der Waals surface area (Å²) in [6.07, 6.45) is 2.60. The lowest BCUT2D eigenvalue weighted by Crippen LogP contribution is -2.37. The summed E-state index contributed by atoms with van der Waals surface area (Å²) in [5.74, 6) is -2.56. The van der Waals surface area contributed by atoms with Gasteiger partial charge in [-0.2, -0.15) is 0 Å². The SMILES string of the molecule is CCOC(=O)c1cc(C)sc1NC(=O)[C@@H]1[C@@H]2CC[C@@H](C2)[C@@H]1C(=O)O. The number of carbonyl (C=O) groups excluding carboxylic acids is 2. The summed E-state index contributed by atoms with van der Waals surface area (Å²) in [7, 11) is 0. The molecular weight excluding hydrogens is 330 g/mol. The largest absolute Gasteiger partial charge is 0.481 e. The molecule has 2 aliphatic rings. The molecule has 1 aromatic heterocycles. The lowest BCUT2D eigenvalue weighted by atomic mass is 9.79. The molecule has 2 saturated carbocycles. The molecule has 0 unspecified atom stereocenters. The molecule has 1 aromatic rings. The maximum Gasteiger partial charge on any atom is 0.341 e. The van der Waals surface area contributed by atoms with Gasteiger partial charge in [-0.3, -0.25) is 9.59 Å². The highest BCUT2D eigenvalue weighted by atomic mass is 32.1. The zero-order valence-corrected chi connectivity index (χ0v) is 14.5. The van der Waals surface area contributed by atoms with Crippen LogP contribution >= 0.6 is 11.3 Å². The van der Waals surface area contributed by atoms with E-state index in [0.29, 0.717) is 10.6 Å². The van der Waals surface area contributed by atoms with Crippen molar-refractivity contribution in [3.05, 3.63) is 16.5 Å². The molecule has 24 heavy (non-hydrogen) atoms. The third-order valence-electron chi connectivity index (χ3n) is 5.09. The van der Waals surface area contributed by atoms with Gasteiger partial charge in [0.2, 0.25) is 5.91 Å². The molecule has 0 aliphatic heterocycles.